The lowest BCUT2D eigenvalue weighted by atomic mass is 10.2. The molecule has 80 valence electrons. The van der Waals surface area contributed by atoms with E-state index in [2.05, 4.69) is 0 Å². The van der Waals surface area contributed by atoms with Crippen LogP contribution in [0.25, 0.3) is 0 Å². The van der Waals surface area contributed by atoms with Crippen molar-refractivity contribution >= 4 is 12.3 Å². The van der Waals surface area contributed by atoms with Gasteiger partial charge in [-0.25, -0.2) is 0 Å². The van der Waals surface area contributed by atoms with Crippen LogP contribution in [0, 0.1) is 0 Å². The molecule has 0 saturated carbocycles. The van der Waals surface area contributed by atoms with E-state index in [1.54, 1.807) is 0 Å². The van der Waals surface area contributed by atoms with Crippen LogP contribution in [-0.4, -0.2) is 42.5 Å². The maximum atomic E-state index is 11.8. The molecule has 1 aliphatic heterocycles. The molecular weight excluding hydrogens is 201 g/mol. The molecule has 7 heteroatoms. The Labute approximate surface area is 78.1 Å². The molecule has 0 aliphatic carbocycles. The van der Waals surface area contributed by atoms with Crippen molar-refractivity contribution in [3.63, 3.8) is 0 Å². The highest BCUT2D eigenvalue weighted by atomic mass is 19.4. The predicted octanol–water partition coefficient (Wildman–Crippen LogP) is -0.104. The van der Waals surface area contributed by atoms with Gasteiger partial charge in [0.15, 0.2) is 0 Å². The van der Waals surface area contributed by atoms with Gasteiger partial charge in [0.2, 0.25) is 6.41 Å². The Kier molecular flexibility index (Phi) is 2.97. The molecule has 0 aromatic rings. The van der Waals surface area contributed by atoms with Crippen molar-refractivity contribution in [1.29, 1.82) is 0 Å². The van der Waals surface area contributed by atoms with Gasteiger partial charge in [0, 0.05) is 19.1 Å². The van der Waals surface area contributed by atoms with Gasteiger partial charge in [0.1, 0.15) is 0 Å². The number of carbonyl (C=O) groups is 2. The molecule has 1 rings (SSSR count). The molecule has 4 nitrogen and oxygen atoms in total. The number of carbonyl (C=O) groups excluding carboxylic acids is 2. The highest BCUT2D eigenvalue weighted by molar-refractivity contribution is 5.82. The Morgan fingerprint density at radius 3 is 2.57 bits per heavy atom. The molecule has 1 N–H and O–H groups in total. The molecule has 0 aromatic heterocycles. The lowest BCUT2D eigenvalue weighted by molar-refractivity contribution is -0.174. The summed E-state index contributed by atoms with van der Waals surface area (Å²) in [5, 5.41) is 1.82. The number of rotatable bonds is 2. The zero-order valence-electron chi connectivity index (χ0n) is 7.17. The second-order valence-electron chi connectivity index (χ2n) is 3.06. The summed E-state index contributed by atoms with van der Waals surface area (Å²) in [4.78, 5) is 22.0. The molecule has 1 unspecified atom stereocenters. The van der Waals surface area contributed by atoms with E-state index < -0.39 is 18.1 Å². The second-order valence-corrected chi connectivity index (χ2v) is 3.06. The summed E-state index contributed by atoms with van der Waals surface area (Å²) in [6, 6.07) is -0.589. The van der Waals surface area contributed by atoms with Gasteiger partial charge in [0.25, 0.3) is 0 Å². The summed E-state index contributed by atoms with van der Waals surface area (Å²) >= 11 is 0. The van der Waals surface area contributed by atoms with Gasteiger partial charge in [-0.15, -0.1) is 0 Å². The van der Waals surface area contributed by atoms with Gasteiger partial charge < -0.3 is 10.2 Å². The van der Waals surface area contributed by atoms with Gasteiger partial charge >= 0.3 is 12.1 Å². The SMILES string of the molecule is O=CN1CCC(NC(=O)C(F)(F)F)C1. The average molecular weight is 210 g/mol. The van der Waals surface area contributed by atoms with Crippen LogP contribution < -0.4 is 5.32 Å². The molecule has 1 aliphatic rings. The highest BCUT2D eigenvalue weighted by Gasteiger charge is 2.40. The largest absolute Gasteiger partial charge is 0.471 e. The van der Waals surface area contributed by atoms with Gasteiger partial charge in [0.05, 0.1) is 0 Å². The van der Waals surface area contributed by atoms with Gasteiger partial charge in [-0.1, -0.05) is 0 Å². The summed E-state index contributed by atoms with van der Waals surface area (Å²) in [6.07, 6.45) is -3.94. The predicted molar refractivity (Wildman–Crippen MR) is 40.2 cm³/mol. The van der Waals surface area contributed by atoms with Gasteiger partial charge in [-0.05, 0) is 6.42 Å². The first-order valence-electron chi connectivity index (χ1n) is 4.00. The van der Waals surface area contributed by atoms with E-state index in [4.69, 9.17) is 0 Å². The smallest absolute Gasteiger partial charge is 0.344 e. The molecule has 0 aromatic carbocycles. The Morgan fingerprint density at radius 2 is 2.14 bits per heavy atom. The number of hydrogen-bond donors (Lipinski definition) is 1. The van der Waals surface area contributed by atoms with Crippen LogP contribution in [0.5, 0.6) is 0 Å². The zero-order valence-corrected chi connectivity index (χ0v) is 7.17. The summed E-state index contributed by atoms with van der Waals surface area (Å²) in [5.74, 6) is -1.95. The van der Waals surface area contributed by atoms with E-state index in [0.29, 0.717) is 19.4 Å². The highest BCUT2D eigenvalue weighted by Crippen LogP contribution is 2.16. The zero-order chi connectivity index (χ0) is 10.8. The van der Waals surface area contributed by atoms with Crippen molar-refractivity contribution in [2.75, 3.05) is 13.1 Å². The second kappa shape index (κ2) is 3.85. The van der Waals surface area contributed by atoms with Crippen molar-refractivity contribution in [3.8, 4) is 0 Å². The Bertz CT molecular complexity index is 242. The Morgan fingerprint density at radius 1 is 1.50 bits per heavy atom. The Hall–Kier alpha value is -1.27. The van der Waals surface area contributed by atoms with Crippen LogP contribution >= 0.6 is 0 Å². The van der Waals surface area contributed by atoms with E-state index in [0.717, 1.165) is 0 Å². The van der Waals surface area contributed by atoms with Gasteiger partial charge in [-0.2, -0.15) is 13.2 Å². The van der Waals surface area contributed by atoms with Crippen LogP contribution in [0.4, 0.5) is 13.2 Å². The number of likely N-dealkylation sites (tertiary alicyclic amines) is 1. The van der Waals surface area contributed by atoms with Crippen molar-refractivity contribution in [1.82, 2.24) is 10.2 Å². The van der Waals surface area contributed by atoms with Crippen LogP contribution in [0.2, 0.25) is 0 Å². The lowest BCUT2D eigenvalue weighted by Gasteiger charge is -2.13. The number of nitrogens with zero attached hydrogens (tertiary/aromatic N) is 1. The van der Waals surface area contributed by atoms with Crippen molar-refractivity contribution in [3.05, 3.63) is 0 Å². The standard InChI is InChI=1S/C7H9F3N2O2/c8-7(9,10)6(14)11-5-1-2-12(3-5)4-13/h4-5H,1-3H2,(H,11,14). The average Bonchev–Trinajstić information content (AvgIpc) is 2.50. The molecule has 14 heavy (non-hydrogen) atoms. The lowest BCUT2D eigenvalue weighted by Crippen LogP contribution is -2.44. The number of nitrogens with one attached hydrogen (secondary N) is 1. The molecule has 1 fully saturated rings. The van der Waals surface area contributed by atoms with Crippen LogP contribution in [0.3, 0.4) is 0 Å². The number of halogens is 3. The molecule has 0 spiro atoms. The van der Waals surface area contributed by atoms with E-state index in [1.165, 1.54) is 4.90 Å². The fraction of sp³-hybridized carbons (Fsp3) is 0.714. The molecule has 1 heterocycles. The molecule has 0 bridgehead atoms. The first-order valence-corrected chi connectivity index (χ1v) is 4.00. The molecule has 1 saturated heterocycles. The minimum Gasteiger partial charge on any atom is -0.344 e. The van der Waals surface area contributed by atoms with Crippen LogP contribution in [0.1, 0.15) is 6.42 Å². The first kappa shape index (κ1) is 10.8. The van der Waals surface area contributed by atoms with Gasteiger partial charge in [-0.3, -0.25) is 9.59 Å². The van der Waals surface area contributed by atoms with E-state index in [1.807, 2.05) is 5.32 Å². The third-order valence-corrected chi connectivity index (χ3v) is 1.96. The molecule has 2 amide bonds. The van der Waals surface area contributed by atoms with E-state index in [9.17, 15) is 22.8 Å². The van der Waals surface area contributed by atoms with Crippen molar-refractivity contribution in [2.45, 2.75) is 18.6 Å². The van der Waals surface area contributed by atoms with Crippen molar-refractivity contribution < 1.29 is 22.8 Å². The van der Waals surface area contributed by atoms with Crippen molar-refractivity contribution in [2.24, 2.45) is 0 Å². The monoisotopic (exact) mass is 210 g/mol. The third kappa shape index (κ3) is 2.61. The maximum Gasteiger partial charge on any atom is 0.471 e. The minimum atomic E-state index is -4.85. The third-order valence-electron chi connectivity index (χ3n) is 1.96. The maximum absolute atomic E-state index is 11.8. The summed E-state index contributed by atoms with van der Waals surface area (Å²) in [7, 11) is 0. The van der Waals surface area contributed by atoms with E-state index >= 15 is 0 Å². The number of alkyl halides is 3. The number of hydrogen-bond acceptors (Lipinski definition) is 2. The fourth-order valence-electron chi connectivity index (χ4n) is 1.27. The molecule has 0 radical (unpaired) electrons. The first-order chi connectivity index (χ1) is 6.43. The van der Waals surface area contributed by atoms with E-state index in [-0.39, 0.29) is 6.54 Å². The minimum absolute atomic E-state index is 0.144. The fourth-order valence-corrected chi connectivity index (χ4v) is 1.27. The summed E-state index contributed by atoms with van der Waals surface area (Å²) < 4.78 is 35.4. The van der Waals surface area contributed by atoms with Crippen LogP contribution in [0.15, 0.2) is 0 Å². The summed E-state index contributed by atoms with van der Waals surface area (Å²) in [6.45, 7) is 0.525. The Balaban J connectivity index is 2.40. The molecule has 1 atom stereocenters. The summed E-state index contributed by atoms with van der Waals surface area (Å²) in [5.41, 5.74) is 0. The quantitative estimate of drug-likeness (QED) is 0.647. The normalized spacial score (nSPS) is 22.2. The topological polar surface area (TPSA) is 49.4 Å². The van der Waals surface area contributed by atoms with Crippen LogP contribution in [-0.2, 0) is 9.59 Å². The molecular formula is C7H9F3N2O2. The number of amides is 2.